The van der Waals surface area contributed by atoms with Gasteiger partial charge in [0, 0.05) is 12.6 Å². The predicted molar refractivity (Wildman–Crippen MR) is 86.3 cm³/mol. The summed E-state index contributed by atoms with van der Waals surface area (Å²) < 4.78 is 8.43. The minimum Gasteiger partial charge on any atom is -0.465 e. The number of aliphatic hydroxyl groups excluding tert-OH is 1. The largest absolute Gasteiger partial charge is 0.465 e. The number of carbonyl (C=O) groups is 1. The number of ether oxygens (including phenoxy) is 1. The molecule has 0 spiro atoms. The SMILES string of the molecule is COC(=O)[C@@H]1C[C@H](O)C[NH+]1Cn1nc2c(Cl)cc(Cl)cn2c1=S. The third-order valence-corrected chi connectivity index (χ3v) is 4.83. The highest BCUT2D eigenvalue weighted by Crippen LogP contribution is 2.21. The number of nitrogens with one attached hydrogen (secondary N) is 1. The Hall–Kier alpha value is -1.19. The highest BCUT2D eigenvalue weighted by atomic mass is 35.5. The van der Waals surface area contributed by atoms with E-state index in [1.165, 1.54) is 7.11 Å². The van der Waals surface area contributed by atoms with Gasteiger partial charge in [-0.1, -0.05) is 23.2 Å². The van der Waals surface area contributed by atoms with Crippen LogP contribution in [0.2, 0.25) is 10.0 Å². The fraction of sp³-hybridized carbons (Fsp3) is 0.462. The van der Waals surface area contributed by atoms with E-state index >= 15 is 0 Å². The number of fused-ring (bicyclic) bond motifs is 1. The van der Waals surface area contributed by atoms with Crippen LogP contribution in [0.25, 0.3) is 5.65 Å². The highest BCUT2D eigenvalue weighted by Gasteiger charge is 2.41. The first-order valence-corrected chi connectivity index (χ1v) is 8.12. The van der Waals surface area contributed by atoms with Crippen molar-refractivity contribution in [2.24, 2.45) is 0 Å². The summed E-state index contributed by atoms with van der Waals surface area (Å²) >= 11 is 17.5. The minimum atomic E-state index is -0.557. The Labute approximate surface area is 147 Å². The molecule has 0 bridgehead atoms. The molecular weight excluding hydrogens is 363 g/mol. The van der Waals surface area contributed by atoms with E-state index in [-0.39, 0.29) is 5.97 Å². The van der Waals surface area contributed by atoms with Crippen LogP contribution in [0, 0.1) is 4.77 Å². The Morgan fingerprint density at radius 1 is 1.61 bits per heavy atom. The van der Waals surface area contributed by atoms with Crippen molar-refractivity contribution in [3.8, 4) is 0 Å². The van der Waals surface area contributed by atoms with Crippen molar-refractivity contribution in [2.45, 2.75) is 25.2 Å². The maximum atomic E-state index is 11.9. The first kappa shape index (κ1) is 16.7. The second-order valence-corrected chi connectivity index (χ2v) is 6.68. The van der Waals surface area contributed by atoms with Gasteiger partial charge in [-0.25, -0.2) is 4.79 Å². The van der Waals surface area contributed by atoms with Crippen LogP contribution in [0.5, 0.6) is 0 Å². The molecule has 2 N–H and O–H groups in total. The number of aromatic nitrogens is 3. The van der Waals surface area contributed by atoms with Gasteiger partial charge in [0.2, 0.25) is 4.77 Å². The number of esters is 1. The lowest BCUT2D eigenvalue weighted by Crippen LogP contribution is -3.14. The molecule has 0 aromatic carbocycles. The molecular formula is C13H15Cl2N4O3S+. The molecule has 1 saturated heterocycles. The maximum Gasteiger partial charge on any atom is 0.364 e. The van der Waals surface area contributed by atoms with E-state index < -0.39 is 12.1 Å². The third-order valence-electron chi connectivity index (χ3n) is 3.94. The van der Waals surface area contributed by atoms with Crippen LogP contribution in [0.1, 0.15) is 6.42 Å². The minimum absolute atomic E-state index is 0.325. The van der Waals surface area contributed by atoms with E-state index in [0.717, 1.165) is 4.90 Å². The number of rotatable bonds is 3. The van der Waals surface area contributed by atoms with Crippen molar-refractivity contribution in [3.63, 3.8) is 0 Å². The molecule has 7 nitrogen and oxygen atoms in total. The zero-order valence-corrected chi connectivity index (χ0v) is 14.5. The van der Waals surface area contributed by atoms with Crippen molar-refractivity contribution in [1.82, 2.24) is 14.2 Å². The Bertz CT molecular complexity index is 821. The Balaban J connectivity index is 1.95. The number of likely N-dealkylation sites (tertiary alicyclic amines) is 1. The number of hydrogen-bond donors (Lipinski definition) is 2. The standard InChI is InChI=1S/C13H14Cl2N4O3S/c1-22-12(21)10-3-8(20)5-17(10)6-19-13(23)18-4-7(14)2-9(15)11(18)16-19/h2,4,8,10,20H,3,5-6H2,1H3/p+1/t8-,10-/m0/s1. The number of aliphatic hydroxyl groups is 1. The summed E-state index contributed by atoms with van der Waals surface area (Å²) in [6.07, 6.45) is 1.44. The van der Waals surface area contributed by atoms with Gasteiger partial charge in [-0.15, -0.1) is 5.10 Å². The van der Waals surface area contributed by atoms with Gasteiger partial charge in [0.15, 0.2) is 18.4 Å². The number of halogens is 2. The average molecular weight is 378 g/mol. The molecule has 1 aliphatic rings. The normalized spacial score (nSPS) is 24.3. The van der Waals surface area contributed by atoms with Gasteiger partial charge < -0.3 is 14.7 Å². The molecule has 1 unspecified atom stereocenters. The van der Waals surface area contributed by atoms with E-state index in [0.29, 0.717) is 40.1 Å². The van der Waals surface area contributed by atoms with Crippen LogP contribution >= 0.6 is 35.4 Å². The zero-order chi connectivity index (χ0) is 16.7. The molecule has 3 atom stereocenters. The Kier molecular flexibility index (Phi) is 4.61. The van der Waals surface area contributed by atoms with Crippen LogP contribution in [0.15, 0.2) is 12.3 Å². The van der Waals surface area contributed by atoms with Crippen LogP contribution in [-0.4, -0.2) is 51.1 Å². The van der Waals surface area contributed by atoms with Crippen molar-refractivity contribution >= 4 is 47.0 Å². The molecule has 0 amide bonds. The summed E-state index contributed by atoms with van der Waals surface area (Å²) in [6, 6.07) is 1.15. The van der Waals surface area contributed by atoms with Crippen LogP contribution in [0.3, 0.4) is 0 Å². The third kappa shape index (κ3) is 3.09. The molecule has 2 aromatic rings. The van der Waals surface area contributed by atoms with Crippen LogP contribution < -0.4 is 4.90 Å². The van der Waals surface area contributed by atoms with Crippen LogP contribution in [-0.2, 0) is 16.2 Å². The van der Waals surface area contributed by atoms with Gasteiger partial charge in [-0.3, -0.25) is 4.40 Å². The molecule has 124 valence electrons. The van der Waals surface area contributed by atoms with Crippen molar-refractivity contribution < 1.29 is 19.5 Å². The summed E-state index contributed by atoms with van der Waals surface area (Å²) in [6.45, 7) is 0.745. The topological polar surface area (TPSA) is 73.2 Å². The molecule has 0 aliphatic carbocycles. The molecule has 10 heteroatoms. The second-order valence-electron chi connectivity index (χ2n) is 5.47. The van der Waals surface area contributed by atoms with Gasteiger partial charge in [-0.2, -0.15) is 4.68 Å². The number of quaternary nitrogens is 1. The smallest absolute Gasteiger partial charge is 0.364 e. The molecule has 23 heavy (non-hydrogen) atoms. The lowest BCUT2D eigenvalue weighted by Gasteiger charge is -2.18. The second kappa shape index (κ2) is 6.37. The van der Waals surface area contributed by atoms with Gasteiger partial charge in [-0.05, 0) is 18.3 Å². The molecule has 3 rings (SSSR count). The first-order chi connectivity index (χ1) is 10.9. The molecule has 3 heterocycles. The number of hydrogen-bond acceptors (Lipinski definition) is 5. The van der Waals surface area contributed by atoms with Crippen LogP contribution in [0.4, 0.5) is 0 Å². The predicted octanol–water partition coefficient (Wildman–Crippen LogP) is 0.321. The lowest BCUT2D eigenvalue weighted by molar-refractivity contribution is -0.928. The first-order valence-electron chi connectivity index (χ1n) is 6.95. The van der Waals surface area contributed by atoms with Gasteiger partial charge in [0.25, 0.3) is 0 Å². The van der Waals surface area contributed by atoms with Gasteiger partial charge >= 0.3 is 5.97 Å². The molecule has 0 radical (unpaired) electrons. The summed E-state index contributed by atoms with van der Waals surface area (Å²) in [4.78, 5) is 12.7. The van der Waals surface area contributed by atoms with E-state index in [9.17, 15) is 9.90 Å². The monoisotopic (exact) mass is 377 g/mol. The van der Waals surface area contributed by atoms with Crippen molar-refractivity contribution in [3.05, 3.63) is 27.1 Å². The molecule has 1 aliphatic heterocycles. The number of pyridine rings is 1. The summed E-state index contributed by atoms with van der Waals surface area (Å²) in [5, 5.41) is 15.1. The van der Waals surface area contributed by atoms with E-state index in [1.807, 2.05) is 0 Å². The summed E-state index contributed by atoms with van der Waals surface area (Å²) in [7, 11) is 1.34. The van der Waals surface area contributed by atoms with Gasteiger partial charge in [0.1, 0.15) is 12.6 Å². The summed E-state index contributed by atoms with van der Waals surface area (Å²) in [5.41, 5.74) is 0.495. The number of nitrogens with zero attached hydrogens (tertiary/aromatic N) is 3. The Morgan fingerprint density at radius 3 is 3.04 bits per heavy atom. The quantitative estimate of drug-likeness (QED) is 0.595. The van der Waals surface area contributed by atoms with Crippen molar-refractivity contribution in [1.29, 1.82) is 0 Å². The highest BCUT2D eigenvalue weighted by molar-refractivity contribution is 7.71. The van der Waals surface area contributed by atoms with E-state index in [2.05, 4.69) is 5.10 Å². The average Bonchev–Trinajstić information content (AvgIpc) is 3.01. The zero-order valence-electron chi connectivity index (χ0n) is 12.2. The maximum absolute atomic E-state index is 11.9. The fourth-order valence-electron chi connectivity index (χ4n) is 2.89. The van der Waals surface area contributed by atoms with Crippen molar-refractivity contribution in [2.75, 3.05) is 13.7 Å². The van der Waals surface area contributed by atoms with E-state index in [4.69, 9.17) is 40.2 Å². The molecule has 2 aromatic heterocycles. The lowest BCUT2D eigenvalue weighted by atomic mass is 10.2. The summed E-state index contributed by atoms with van der Waals surface area (Å²) in [5.74, 6) is -0.354. The van der Waals surface area contributed by atoms with E-state index in [1.54, 1.807) is 21.3 Å². The Morgan fingerprint density at radius 2 is 2.35 bits per heavy atom. The fourth-order valence-corrected chi connectivity index (χ4v) is 3.64. The number of carbonyl (C=O) groups excluding carboxylic acids is 1. The molecule has 1 fully saturated rings. The molecule has 0 saturated carbocycles. The number of methoxy groups -OCH3 is 1. The van der Waals surface area contributed by atoms with Gasteiger partial charge in [0.05, 0.1) is 17.2 Å².